The van der Waals surface area contributed by atoms with Gasteiger partial charge in [-0.15, -0.1) is 0 Å². The summed E-state index contributed by atoms with van der Waals surface area (Å²) in [5.74, 6) is 0.0921. The molecule has 0 bridgehead atoms. The van der Waals surface area contributed by atoms with Gasteiger partial charge in [-0.1, -0.05) is 38.1 Å². The minimum atomic E-state index is -0.230. The van der Waals surface area contributed by atoms with Crippen molar-refractivity contribution in [1.82, 2.24) is 5.32 Å². The van der Waals surface area contributed by atoms with Crippen molar-refractivity contribution in [2.45, 2.75) is 26.8 Å². The average molecular weight is 316 g/mol. The van der Waals surface area contributed by atoms with Crippen LogP contribution in [-0.4, -0.2) is 5.11 Å². The third-order valence-corrected chi connectivity index (χ3v) is 3.68. The SMILES string of the molecule is Cc1cccc(NC(=S)N[C@@H](c2ccc(F)cc2)C(C)C)c1. The molecule has 0 saturated heterocycles. The van der Waals surface area contributed by atoms with E-state index in [4.69, 9.17) is 12.2 Å². The number of rotatable bonds is 4. The second-order valence-corrected chi connectivity index (χ2v) is 6.15. The largest absolute Gasteiger partial charge is 0.355 e. The average Bonchev–Trinajstić information content (AvgIpc) is 2.45. The summed E-state index contributed by atoms with van der Waals surface area (Å²) < 4.78 is 13.1. The molecule has 2 aromatic rings. The van der Waals surface area contributed by atoms with E-state index in [2.05, 4.69) is 24.5 Å². The van der Waals surface area contributed by atoms with Gasteiger partial charge in [-0.05, 0) is 60.5 Å². The molecule has 2 rings (SSSR count). The first-order chi connectivity index (χ1) is 10.5. The first-order valence-corrected chi connectivity index (χ1v) is 7.76. The lowest BCUT2D eigenvalue weighted by Gasteiger charge is -2.25. The Kier molecular flexibility index (Phi) is 5.50. The minimum absolute atomic E-state index is 0.0328. The molecule has 0 unspecified atom stereocenters. The molecule has 0 heterocycles. The number of thiocarbonyl (C=S) groups is 1. The van der Waals surface area contributed by atoms with Crippen molar-refractivity contribution < 1.29 is 4.39 Å². The van der Waals surface area contributed by atoms with E-state index in [1.54, 1.807) is 12.1 Å². The van der Waals surface area contributed by atoms with Gasteiger partial charge in [0.2, 0.25) is 0 Å². The molecule has 0 spiro atoms. The molecule has 0 aromatic heterocycles. The van der Waals surface area contributed by atoms with E-state index >= 15 is 0 Å². The van der Waals surface area contributed by atoms with Crippen molar-refractivity contribution in [3.63, 3.8) is 0 Å². The zero-order valence-electron chi connectivity index (χ0n) is 13.1. The van der Waals surface area contributed by atoms with Crippen LogP contribution >= 0.6 is 12.2 Å². The summed E-state index contributed by atoms with van der Waals surface area (Å²) in [4.78, 5) is 0. The predicted molar refractivity (Wildman–Crippen MR) is 94.5 cm³/mol. The molecule has 0 aliphatic rings. The molecular weight excluding hydrogens is 295 g/mol. The maximum absolute atomic E-state index is 13.1. The quantitative estimate of drug-likeness (QED) is 0.791. The van der Waals surface area contributed by atoms with E-state index in [-0.39, 0.29) is 11.9 Å². The van der Waals surface area contributed by atoms with Crippen LogP contribution in [0, 0.1) is 18.7 Å². The molecule has 2 nitrogen and oxygen atoms in total. The zero-order chi connectivity index (χ0) is 16.1. The van der Waals surface area contributed by atoms with Gasteiger partial charge in [0.1, 0.15) is 5.82 Å². The lowest BCUT2D eigenvalue weighted by molar-refractivity contribution is 0.472. The fourth-order valence-corrected chi connectivity index (χ4v) is 2.58. The van der Waals surface area contributed by atoms with Crippen LogP contribution in [0.2, 0.25) is 0 Å². The standard InChI is InChI=1S/C18H21FN2S/c1-12(2)17(14-7-9-15(19)10-8-14)21-18(22)20-16-6-4-5-13(3)11-16/h4-12,17H,1-3H3,(H2,20,21,22)/t17-/m1/s1. The van der Waals surface area contributed by atoms with Crippen LogP contribution in [0.5, 0.6) is 0 Å². The number of aryl methyl sites for hydroxylation is 1. The number of hydrogen-bond donors (Lipinski definition) is 2. The van der Waals surface area contributed by atoms with Crippen molar-refractivity contribution in [1.29, 1.82) is 0 Å². The summed E-state index contributed by atoms with van der Waals surface area (Å²) in [5, 5.41) is 7.08. The Morgan fingerprint density at radius 1 is 1.09 bits per heavy atom. The summed E-state index contributed by atoms with van der Waals surface area (Å²) in [6.07, 6.45) is 0. The van der Waals surface area contributed by atoms with E-state index in [0.717, 1.165) is 11.3 Å². The first-order valence-electron chi connectivity index (χ1n) is 7.35. The molecule has 116 valence electrons. The maximum atomic E-state index is 13.1. The van der Waals surface area contributed by atoms with Crippen molar-refractivity contribution in [2.24, 2.45) is 5.92 Å². The highest BCUT2D eigenvalue weighted by Crippen LogP contribution is 2.22. The molecule has 0 fully saturated rings. The maximum Gasteiger partial charge on any atom is 0.171 e. The van der Waals surface area contributed by atoms with Crippen LogP contribution in [0.25, 0.3) is 0 Å². The van der Waals surface area contributed by atoms with E-state index in [1.807, 2.05) is 31.2 Å². The van der Waals surface area contributed by atoms with Gasteiger partial charge in [0.05, 0.1) is 6.04 Å². The van der Waals surface area contributed by atoms with Crippen molar-refractivity contribution in [3.8, 4) is 0 Å². The lowest BCUT2D eigenvalue weighted by Crippen LogP contribution is -2.34. The van der Waals surface area contributed by atoms with Gasteiger partial charge in [0.25, 0.3) is 0 Å². The zero-order valence-corrected chi connectivity index (χ0v) is 13.9. The summed E-state index contributed by atoms with van der Waals surface area (Å²) in [6.45, 7) is 6.25. The van der Waals surface area contributed by atoms with Gasteiger partial charge in [-0.2, -0.15) is 0 Å². The molecule has 0 saturated carbocycles. The Morgan fingerprint density at radius 3 is 2.36 bits per heavy atom. The predicted octanol–water partition coefficient (Wildman–Crippen LogP) is 4.82. The second-order valence-electron chi connectivity index (χ2n) is 5.74. The Morgan fingerprint density at radius 2 is 1.77 bits per heavy atom. The highest BCUT2D eigenvalue weighted by molar-refractivity contribution is 7.80. The Labute approximate surface area is 136 Å². The van der Waals surface area contributed by atoms with Gasteiger partial charge < -0.3 is 10.6 Å². The number of hydrogen-bond acceptors (Lipinski definition) is 1. The highest BCUT2D eigenvalue weighted by Gasteiger charge is 2.16. The monoisotopic (exact) mass is 316 g/mol. The number of halogens is 1. The minimum Gasteiger partial charge on any atom is -0.355 e. The van der Waals surface area contributed by atoms with Gasteiger partial charge in [0.15, 0.2) is 5.11 Å². The van der Waals surface area contributed by atoms with Crippen LogP contribution in [-0.2, 0) is 0 Å². The van der Waals surface area contributed by atoms with Crippen LogP contribution in [0.1, 0.15) is 31.0 Å². The normalized spacial score (nSPS) is 12.0. The third-order valence-electron chi connectivity index (χ3n) is 3.46. The van der Waals surface area contributed by atoms with E-state index in [1.165, 1.54) is 17.7 Å². The fraction of sp³-hybridized carbons (Fsp3) is 0.278. The Balaban J connectivity index is 2.07. The third kappa shape index (κ3) is 4.53. The lowest BCUT2D eigenvalue weighted by atomic mass is 9.96. The fourth-order valence-electron chi connectivity index (χ4n) is 2.34. The Hall–Kier alpha value is -1.94. The van der Waals surface area contributed by atoms with Gasteiger partial charge >= 0.3 is 0 Å². The van der Waals surface area contributed by atoms with Gasteiger partial charge in [0, 0.05) is 5.69 Å². The molecule has 22 heavy (non-hydrogen) atoms. The number of benzene rings is 2. The number of nitrogens with one attached hydrogen (secondary N) is 2. The molecule has 2 aromatic carbocycles. The Bertz CT molecular complexity index is 638. The summed E-state index contributed by atoms with van der Waals surface area (Å²) >= 11 is 5.40. The molecule has 1 atom stereocenters. The molecular formula is C18H21FN2S. The van der Waals surface area contributed by atoms with Crippen molar-refractivity contribution in [2.75, 3.05) is 5.32 Å². The summed E-state index contributed by atoms with van der Waals surface area (Å²) in [7, 11) is 0. The van der Waals surface area contributed by atoms with Crippen LogP contribution in [0.4, 0.5) is 10.1 Å². The van der Waals surface area contributed by atoms with E-state index < -0.39 is 0 Å². The van der Waals surface area contributed by atoms with Crippen LogP contribution in [0.15, 0.2) is 48.5 Å². The molecule has 0 aliphatic heterocycles. The molecule has 0 radical (unpaired) electrons. The second kappa shape index (κ2) is 7.36. The van der Waals surface area contributed by atoms with E-state index in [0.29, 0.717) is 11.0 Å². The summed E-state index contributed by atoms with van der Waals surface area (Å²) in [5.41, 5.74) is 3.15. The van der Waals surface area contributed by atoms with Crippen LogP contribution < -0.4 is 10.6 Å². The highest BCUT2D eigenvalue weighted by atomic mass is 32.1. The first kappa shape index (κ1) is 16.4. The van der Waals surface area contributed by atoms with Crippen LogP contribution in [0.3, 0.4) is 0 Å². The number of anilines is 1. The smallest absolute Gasteiger partial charge is 0.171 e. The van der Waals surface area contributed by atoms with E-state index in [9.17, 15) is 4.39 Å². The molecule has 0 aliphatic carbocycles. The summed E-state index contributed by atoms with van der Waals surface area (Å²) in [6, 6.07) is 14.6. The topological polar surface area (TPSA) is 24.1 Å². The van der Waals surface area contributed by atoms with Crippen molar-refractivity contribution >= 4 is 23.0 Å². The molecule has 2 N–H and O–H groups in total. The molecule has 0 amide bonds. The molecule has 4 heteroatoms. The van der Waals surface area contributed by atoms with Gasteiger partial charge in [-0.25, -0.2) is 4.39 Å². The van der Waals surface area contributed by atoms with Gasteiger partial charge in [-0.3, -0.25) is 0 Å². The van der Waals surface area contributed by atoms with Crippen molar-refractivity contribution in [3.05, 3.63) is 65.5 Å².